The first-order chi connectivity index (χ1) is 13.5. The zero-order valence-corrected chi connectivity index (χ0v) is 16.6. The smallest absolute Gasteiger partial charge is 0.266 e. The van der Waals surface area contributed by atoms with Gasteiger partial charge in [-0.3, -0.25) is 19.0 Å². The van der Waals surface area contributed by atoms with Crippen molar-refractivity contribution in [3.8, 4) is 0 Å². The molecule has 0 saturated heterocycles. The minimum Gasteiger partial charge on any atom is -0.355 e. The number of hydrogen-bond acceptors (Lipinski definition) is 5. The molecule has 2 amide bonds. The lowest BCUT2D eigenvalue weighted by molar-refractivity contribution is -0.121. The summed E-state index contributed by atoms with van der Waals surface area (Å²) in [7, 11) is 0. The molecule has 28 heavy (non-hydrogen) atoms. The number of para-hydroxylation sites is 1. The Kier molecular flexibility index (Phi) is 6.20. The molecule has 0 fully saturated rings. The summed E-state index contributed by atoms with van der Waals surface area (Å²) >= 11 is 1.17. The van der Waals surface area contributed by atoms with Crippen molar-refractivity contribution in [3.05, 3.63) is 57.5 Å². The number of benzene rings is 1. The maximum atomic E-state index is 12.8. The van der Waals surface area contributed by atoms with Gasteiger partial charge in [-0.2, -0.15) is 0 Å². The Morgan fingerprint density at radius 2 is 1.96 bits per heavy atom. The Morgan fingerprint density at radius 3 is 2.68 bits per heavy atom. The fourth-order valence-electron chi connectivity index (χ4n) is 2.81. The molecule has 0 aliphatic rings. The van der Waals surface area contributed by atoms with Gasteiger partial charge in [0.1, 0.15) is 11.4 Å². The number of fused-ring (bicyclic) bond motifs is 1. The molecule has 0 saturated carbocycles. The van der Waals surface area contributed by atoms with Gasteiger partial charge >= 0.3 is 0 Å². The number of amides is 2. The number of rotatable bonds is 7. The van der Waals surface area contributed by atoms with Crippen LogP contribution in [0.1, 0.15) is 35.0 Å². The predicted octanol–water partition coefficient (Wildman–Crippen LogP) is 2.94. The monoisotopic (exact) mass is 398 g/mol. The first kappa shape index (κ1) is 19.8. The van der Waals surface area contributed by atoms with Crippen molar-refractivity contribution in [2.75, 3.05) is 11.9 Å². The number of unbranched alkanes of at least 4 members (excludes halogenated alkanes) is 1. The third kappa shape index (κ3) is 4.28. The minimum absolute atomic E-state index is 0.0910. The number of thiophene rings is 1. The molecule has 0 radical (unpaired) electrons. The molecule has 146 valence electrons. The number of carbonyl (C=O) groups is 2. The van der Waals surface area contributed by atoms with E-state index in [1.807, 2.05) is 25.1 Å². The number of carbonyl (C=O) groups excluding carboxylic acids is 2. The molecule has 8 heteroatoms. The van der Waals surface area contributed by atoms with E-state index in [0.29, 0.717) is 32.9 Å². The quantitative estimate of drug-likeness (QED) is 0.599. The number of nitrogens with zero attached hydrogens (tertiary/aromatic N) is 2. The van der Waals surface area contributed by atoms with Gasteiger partial charge in [-0.1, -0.05) is 31.5 Å². The van der Waals surface area contributed by atoms with E-state index in [0.717, 1.165) is 12.8 Å². The Bertz CT molecular complexity index is 1060. The van der Waals surface area contributed by atoms with Gasteiger partial charge < -0.3 is 10.6 Å². The molecule has 0 aliphatic carbocycles. The summed E-state index contributed by atoms with van der Waals surface area (Å²) in [6.45, 7) is 4.26. The summed E-state index contributed by atoms with van der Waals surface area (Å²) in [6, 6.07) is 9.12. The third-order valence-electron chi connectivity index (χ3n) is 4.32. The minimum atomic E-state index is -0.317. The maximum absolute atomic E-state index is 12.8. The first-order valence-electron chi connectivity index (χ1n) is 9.13. The van der Waals surface area contributed by atoms with Crippen LogP contribution in [-0.2, 0) is 11.3 Å². The van der Waals surface area contributed by atoms with Crippen molar-refractivity contribution in [2.24, 2.45) is 0 Å². The van der Waals surface area contributed by atoms with Crippen LogP contribution in [0, 0.1) is 6.92 Å². The van der Waals surface area contributed by atoms with E-state index in [1.54, 1.807) is 19.1 Å². The summed E-state index contributed by atoms with van der Waals surface area (Å²) in [5.41, 5.74) is 0.938. The summed E-state index contributed by atoms with van der Waals surface area (Å²) in [6.07, 6.45) is 3.23. The van der Waals surface area contributed by atoms with E-state index >= 15 is 0 Å². The Hall–Kier alpha value is -3.00. The molecular weight excluding hydrogens is 376 g/mol. The molecule has 0 bridgehead atoms. The molecule has 0 aliphatic heterocycles. The first-order valence-corrected chi connectivity index (χ1v) is 9.94. The normalized spacial score (nSPS) is 10.8. The molecule has 2 heterocycles. The molecule has 1 aromatic carbocycles. The van der Waals surface area contributed by atoms with Gasteiger partial charge in [-0.15, -0.1) is 11.3 Å². The fraction of sp³-hybridized carbons (Fsp3) is 0.300. The van der Waals surface area contributed by atoms with Gasteiger partial charge in [-0.25, -0.2) is 4.98 Å². The Balaban J connectivity index is 1.85. The third-order valence-corrected chi connectivity index (χ3v) is 5.52. The number of nitrogens with one attached hydrogen (secondary N) is 2. The predicted molar refractivity (Wildman–Crippen MR) is 111 cm³/mol. The summed E-state index contributed by atoms with van der Waals surface area (Å²) in [5.74, 6) is -0.512. The van der Waals surface area contributed by atoms with Gasteiger partial charge in [0.25, 0.3) is 11.5 Å². The van der Waals surface area contributed by atoms with Crippen LogP contribution < -0.4 is 16.2 Å². The lowest BCUT2D eigenvalue weighted by atomic mass is 10.2. The van der Waals surface area contributed by atoms with E-state index in [1.165, 1.54) is 22.2 Å². The SMILES string of the molecule is CCCCNC(=O)Cn1cnc2sc(C(=O)Nc3ccccc3)c(C)c2c1=O. The van der Waals surface area contributed by atoms with Crippen LogP contribution in [0.25, 0.3) is 10.2 Å². The average Bonchev–Trinajstić information content (AvgIpc) is 3.02. The lowest BCUT2D eigenvalue weighted by Crippen LogP contribution is -2.32. The zero-order chi connectivity index (χ0) is 20.1. The highest BCUT2D eigenvalue weighted by Gasteiger charge is 2.20. The van der Waals surface area contributed by atoms with E-state index in [2.05, 4.69) is 15.6 Å². The molecule has 2 N–H and O–H groups in total. The summed E-state index contributed by atoms with van der Waals surface area (Å²) in [5, 5.41) is 5.99. The summed E-state index contributed by atoms with van der Waals surface area (Å²) < 4.78 is 1.28. The maximum Gasteiger partial charge on any atom is 0.266 e. The number of aromatic nitrogens is 2. The molecule has 0 atom stereocenters. The van der Waals surface area contributed by atoms with Crippen molar-refractivity contribution in [1.29, 1.82) is 0 Å². The zero-order valence-electron chi connectivity index (χ0n) is 15.8. The van der Waals surface area contributed by atoms with E-state index < -0.39 is 0 Å². The van der Waals surface area contributed by atoms with Crippen LogP contribution in [0.5, 0.6) is 0 Å². The van der Waals surface area contributed by atoms with E-state index in [9.17, 15) is 14.4 Å². The van der Waals surface area contributed by atoms with Crippen LogP contribution in [0.4, 0.5) is 5.69 Å². The van der Waals surface area contributed by atoms with Crippen molar-refractivity contribution < 1.29 is 9.59 Å². The summed E-state index contributed by atoms with van der Waals surface area (Å²) in [4.78, 5) is 42.7. The van der Waals surface area contributed by atoms with Crippen LogP contribution in [0.3, 0.4) is 0 Å². The van der Waals surface area contributed by atoms with Crippen molar-refractivity contribution in [1.82, 2.24) is 14.9 Å². The van der Waals surface area contributed by atoms with Crippen LogP contribution in [0.2, 0.25) is 0 Å². The van der Waals surface area contributed by atoms with Crippen LogP contribution in [0.15, 0.2) is 41.5 Å². The number of aryl methyl sites for hydroxylation is 1. The second kappa shape index (κ2) is 8.79. The molecule has 3 aromatic rings. The molecule has 0 spiro atoms. The Morgan fingerprint density at radius 1 is 1.21 bits per heavy atom. The van der Waals surface area contributed by atoms with Crippen molar-refractivity contribution >= 4 is 39.1 Å². The van der Waals surface area contributed by atoms with Gasteiger partial charge in [0.15, 0.2) is 0 Å². The number of anilines is 1. The van der Waals surface area contributed by atoms with Gasteiger partial charge in [0.05, 0.1) is 16.6 Å². The van der Waals surface area contributed by atoms with Crippen LogP contribution in [-0.4, -0.2) is 27.9 Å². The fourth-order valence-corrected chi connectivity index (χ4v) is 3.85. The van der Waals surface area contributed by atoms with Gasteiger partial charge in [-0.05, 0) is 31.0 Å². The highest BCUT2D eigenvalue weighted by atomic mass is 32.1. The second-order valence-corrected chi connectivity index (χ2v) is 7.44. The van der Waals surface area contributed by atoms with Crippen molar-refractivity contribution in [3.63, 3.8) is 0 Å². The largest absolute Gasteiger partial charge is 0.355 e. The topological polar surface area (TPSA) is 93.1 Å². The van der Waals surface area contributed by atoms with Crippen LogP contribution >= 0.6 is 11.3 Å². The molecule has 7 nitrogen and oxygen atoms in total. The molecule has 2 aromatic heterocycles. The second-order valence-electron chi connectivity index (χ2n) is 6.44. The van der Waals surface area contributed by atoms with E-state index in [-0.39, 0.29) is 23.9 Å². The highest BCUT2D eigenvalue weighted by Crippen LogP contribution is 2.27. The molecule has 0 unspecified atom stereocenters. The molecule has 3 rings (SSSR count). The lowest BCUT2D eigenvalue weighted by Gasteiger charge is -2.06. The Labute approximate surface area is 166 Å². The highest BCUT2D eigenvalue weighted by molar-refractivity contribution is 7.20. The standard InChI is InChI=1S/C20H22N4O3S/c1-3-4-10-21-15(25)11-24-12-22-19-16(20(24)27)13(2)17(28-19)18(26)23-14-8-6-5-7-9-14/h5-9,12H,3-4,10-11H2,1-2H3,(H,21,25)(H,23,26). The number of hydrogen-bond donors (Lipinski definition) is 2. The van der Waals surface area contributed by atoms with Gasteiger partial charge in [0.2, 0.25) is 5.91 Å². The van der Waals surface area contributed by atoms with Gasteiger partial charge in [0, 0.05) is 12.2 Å². The van der Waals surface area contributed by atoms with Crippen molar-refractivity contribution in [2.45, 2.75) is 33.2 Å². The molecular formula is C20H22N4O3S. The van der Waals surface area contributed by atoms with E-state index in [4.69, 9.17) is 0 Å². The average molecular weight is 398 g/mol.